The fourth-order valence-electron chi connectivity index (χ4n) is 2.32. The number of halogens is 2. The molecule has 0 spiro atoms. The normalized spacial score (nSPS) is 12.2. The maximum absolute atomic E-state index is 12.3. The Morgan fingerprint density at radius 3 is 1.96 bits per heavy atom. The van der Waals surface area contributed by atoms with Crippen LogP contribution in [0.25, 0.3) is 0 Å². The van der Waals surface area contributed by atoms with Gasteiger partial charge in [0.25, 0.3) is 25.5 Å². The Kier molecular flexibility index (Phi) is 8.18. The molecule has 2 N–H and O–H groups in total. The first-order chi connectivity index (χ1) is 11.9. The molecule has 0 amide bonds. The van der Waals surface area contributed by atoms with Crippen LogP contribution in [-0.2, 0) is 20.2 Å². The minimum atomic E-state index is -5.20. The van der Waals surface area contributed by atoms with Gasteiger partial charge in [-0.1, -0.05) is 12.8 Å². The lowest BCUT2D eigenvalue weighted by molar-refractivity contribution is 0.0975. The van der Waals surface area contributed by atoms with E-state index >= 15 is 0 Å². The Morgan fingerprint density at radius 2 is 1.50 bits per heavy atom. The van der Waals surface area contributed by atoms with E-state index in [1.807, 2.05) is 0 Å². The predicted molar refractivity (Wildman–Crippen MR) is 94.4 cm³/mol. The Morgan fingerprint density at radius 1 is 0.923 bits per heavy atom. The summed E-state index contributed by atoms with van der Waals surface area (Å²) in [5.41, 5.74) is -1.76. The second-order valence-corrected chi connectivity index (χ2v) is 8.79. The molecule has 0 saturated heterocycles. The Labute approximate surface area is 161 Å². The highest BCUT2D eigenvalue weighted by Gasteiger charge is 2.33. The van der Waals surface area contributed by atoms with Gasteiger partial charge in [-0.05, 0) is 36.6 Å². The minimum Gasteiger partial charge on any atom is -0.294 e. The van der Waals surface area contributed by atoms with Crippen molar-refractivity contribution in [3.05, 3.63) is 23.3 Å². The third kappa shape index (κ3) is 6.00. The van der Waals surface area contributed by atoms with E-state index in [9.17, 15) is 31.0 Å². The van der Waals surface area contributed by atoms with E-state index in [2.05, 4.69) is 0 Å². The lowest BCUT2D eigenvalue weighted by atomic mass is 10.0. The molecule has 1 rings (SSSR count). The van der Waals surface area contributed by atoms with Crippen molar-refractivity contribution in [3.63, 3.8) is 0 Å². The molecular formula is C14H16Cl2O8S2. The van der Waals surface area contributed by atoms with Gasteiger partial charge in [-0.25, -0.2) is 0 Å². The van der Waals surface area contributed by atoms with E-state index < -0.39 is 52.2 Å². The number of hydrogen-bond donors (Lipinski definition) is 2. The van der Waals surface area contributed by atoms with Crippen molar-refractivity contribution in [2.24, 2.45) is 0 Å². The maximum atomic E-state index is 12.3. The molecular weight excluding hydrogens is 431 g/mol. The van der Waals surface area contributed by atoms with E-state index in [0.717, 1.165) is 18.9 Å². The van der Waals surface area contributed by atoms with Crippen molar-refractivity contribution in [2.45, 2.75) is 41.9 Å². The molecule has 0 fully saturated rings. The third-order valence-corrected chi connectivity index (χ3v) is 5.73. The molecule has 12 heteroatoms. The van der Waals surface area contributed by atoms with Crippen LogP contribution < -0.4 is 0 Å². The number of Topliss-reactive ketones (excluding diaryl/α,β-unsaturated/α-hetero) is 1. The van der Waals surface area contributed by atoms with Gasteiger partial charge < -0.3 is 0 Å². The molecule has 0 aliphatic rings. The third-order valence-electron chi connectivity index (χ3n) is 3.44. The Hall–Kier alpha value is -1.04. The van der Waals surface area contributed by atoms with Crippen LogP contribution in [0.2, 0.25) is 0 Å². The molecule has 0 aliphatic heterocycles. The van der Waals surface area contributed by atoms with Crippen LogP contribution in [0, 0.1) is 0 Å². The van der Waals surface area contributed by atoms with Gasteiger partial charge in [0.2, 0.25) is 0 Å². The lowest BCUT2D eigenvalue weighted by Crippen LogP contribution is -2.17. The van der Waals surface area contributed by atoms with E-state index in [0.29, 0.717) is 24.8 Å². The molecule has 146 valence electrons. The molecule has 0 aliphatic carbocycles. The number of alkyl halides is 1. The minimum absolute atomic E-state index is 0.105. The summed E-state index contributed by atoms with van der Waals surface area (Å²) in [4.78, 5) is 21.5. The standard InChI is InChI=1S/C14H16Cl2O8S2/c15-8-4-2-1-3-5-10(17)9-6-7-11(25(19,20)21)12(14(16)18)13(9)26(22,23)24/h6-7H,1-5,8H2,(H,19,20,21)(H,22,23,24). The van der Waals surface area contributed by atoms with E-state index in [1.54, 1.807) is 0 Å². The van der Waals surface area contributed by atoms with Gasteiger partial charge in [0.15, 0.2) is 5.78 Å². The van der Waals surface area contributed by atoms with Crippen LogP contribution in [0.1, 0.15) is 52.8 Å². The molecule has 8 nitrogen and oxygen atoms in total. The molecule has 26 heavy (non-hydrogen) atoms. The van der Waals surface area contributed by atoms with Gasteiger partial charge in [0.05, 0.1) is 5.56 Å². The molecule has 1 aromatic carbocycles. The van der Waals surface area contributed by atoms with Gasteiger partial charge in [-0.3, -0.25) is 18.7 Å². The van der Waals surface area contributed by atoms with Crippen molar-refractivity contribution < 1.29 is 35.5 Å². The van der Waals surface area contributed by atoms with Crippen LogP contribution in [0.3, 0.4) is 0 Å². The number of hydrogen-bond acceptors (Lipinski definition) is 6. The number of benzene rings is 1. The van der Waals surface area contributed by atoms with Gasteiger partial charge in [-0.2, -0.15) is 16.8 Å². The summed E-state index contributed by atoms with van der Waals surface area (Å²) in [6, 6.07) is 1.48. The average Bonchev–Trinajstić information content (AvgIpc) is 2.51. The first-order valence-corrected chi connectivity index (χ1v) is 11.1. The van der Waals surface area contributed by atoms with Crippen LogP contribution in [0.5, 0.6) is 0 Å². The molecule has 1 aromatic rings. The number of ketones is 1. The first kappa shape index (κ1) is 23.0. The molecule has 0 heterocycles. The molecule has 0 bridgehead atoms. The molecule has 0 saturated carbocycles. The van der Waals surface area contributed by atoms with Crippen molar-refractivity contribution in [1.29, 1.82) is 0 Å². The number of unbranched alkanes of at least 4 members (excludes halogenated alkanes) is 3. The highest BCUT2D eigenvalue weighted by Crippen LogP contribution is 2.30. The van der Waals surface area contributed by atoms with Crippen molar-refractivity contribution in [2.75, 3.05) is 5.88 Å². The topological polar surface area (TPSA) is 143 Å². The van der Waals surface area contributed by atoms with Crippen LogP contribution >= 0.6 is 23.2 Å². The molecule has 0 atom stereocenters. The Bertz CT molecular complexity index is 907. The number of rotatable bonds is 10. The maximum Gasteiger partial charge on any atom is 0.296 e. The summed E-state index contributed by atoms with van der Waals surface area (Å²) in [5, 5.41) is -1.57. The van der Waals surface area contributed by atoms with Crippen molar-refractivity contribution in [1.82, 2.24) is 0 Å². The summed E-state index contributed by atoms with van der Waals surface area (Å²) in [6.07, 6.45) is 2.44. The summed E-state index contributed by atoms with van der Waals surface area (Å²) >= 11 is 10.8. The largest absolute Gasteiger partial charge is 0.296 e. The number of carbonyl (C=O) groups excluding carboxylic acids is 2. The molecule has 0 unspecified atom stereocenters. The van der Waals surface area contributed by atoms with Crippen LogP contribution in [0.15, 0.2) is 21.9 Å². The smallest absolute Gasteiger partial charge is 0.294 e. The van der Waals surface area contributed by atoms with Crippen LogP contribution in [0.4, 0.5) is 0 Å². The zero-order valence-corrected chi connectivity index (χ0v) is 16.5. The average molecular weight is 447 g/mol. The zero-order chi connectivity index (χ0) is 20.1. The second kappa shape index (κ2) is 9.25. The monoisotopic (exact) mass is 446 g/mol. The second-order valence-electron chi connectivity index (χ2n) is 5.32. The van der Waals surface area contributed by atoms with E-state index in [-0.39, 0.29) is 6.42 Å². The highest BCUT2D eigenvalue weighted by molar-refractivity contribution is 7.87. The van der Waals surface area contributed by atoms with E-state index in [4.69, 9.17) is 27.8 Å². The van der Waals surface area contributed by atoms with Gasteiger partial charge >= 0.3 is 0 Å². The number of carbonyl (C=O) groups is 2. The van der Waals surface area contributed by atoms with Gasteiger partial charge in [0, 0.05) is 17.9 Å². The van der Waals surface area contributed by atoms with Crippen molar-refractivity contribution in [3.8, 4) is 0 Å². The van der Waals surface area contributed by atoms with Gasteiger partial charge in [-0.15, -0.1) is 11.6 Å². The SMILES string of the molecule is O=C(CCCCCCCl)c1ccc(S(=O)(=O)O)c(C(=O)Cl)c1S(=O)(=O)O. The summed E-state index contributed by atoms with van der Waals surface area (Å²) in [5.74, 6) is -0.261. The fraction of sp³-hybridized carbons (Fsp3) is 0.429. The first-order valence-electron chi connectivity index (χ1n) is 7.32. The van der Waals surface area contributed by atoms with E-state index in [1.165, 1.54) is 0 Å². The summed E-state index contributed by atoms with van der Waals surface area (Å²) in [6.45, 7) is 0. The fourth-order valence-corrected chi connectivity index (χ4v) is 4.50. The summed E-state index contributed by atoms with van der Waals surface area (Å²) < 4.78 is 64.6. The van der Waals surface area contributed by atoms with Crippen molar-refractivity contribution >= 4 is 54.5 Å². The quantitative estimate of drug-likeness (QED) is 0.183. The highest BCUT2D eigenvalue weighted by atomic mass is 35.5. The molecule has 0 radical (unpaired) electrons. The van der Waals surface area contributed by atoms with Gasteiger partial charge in [0.1, 0.15) is 9.79 Å². The zero-order valence-electron chi connectivity index (χ0n) is 13.3. The Balaban J connectivity index is 3.44. The summed E-state index contributed by atoms with van der Waals surface area (Å²) in [7, 11) is -10.2. The van der Waals surface area contributed by atoms with Crippen LogP contribution in [-0.4, -0.2) is 42.8 Å². The molecule has 0 aromatic heterocycles. The lowest BCUT2D eigenvalue weighted by Gasteiger charge is -2.12. The predicted octanol–water partition coefficient (Wildman–Crippen LogP) is 2.93.